The third-order valence-corrected chi connectivity index (χ3v) is 5.46. The smallest absolute Gasteiger partial charge is 0.335 e. The highest BCUT2D eigenvalue weighted by Gasteiger charge is 2.32. The van der Waals surface area contributed by atoms with Crippen LogP contribution in [0.3, 0.4) is 0 Å². The van der Waals surface area contributed by atoms with Gasteiger partial charge >= 0.3 is 6.03 Å². The molecule has 0 N–H and O–H groups in total. The SMILES string of the molecule is C=CCS(=O)c1ccc(N(COC)C(=O)N(COC)C(=O)c2c(F)cccc2F)c(F)c1. The Labute approximate surface area is 185 Å². The fraction of sp³-hybridized carbons (Fsp3) is 0.238. The van der Waals surface area contributed by atoms with Crippen LogP contribution in [0.2, 0.25) is 0 Å². The molecule has 0 saturated carbocycles. The topological polar surface area (TPSA) is 76.2 Å². The second-order valence-electron chi connectivity index (χ2n) is 6.29. The zero-order valence-electron chi connectivity index (χ0n) is 17.3. The first-order chi connectivity index (χ1) is 15.3. The van der Waals surface area contributed by atoms with E-state index in [1.165, 1.54) is 25.3 Å². The molecule has 0 radical (unpaired) electrons. The van der Waals surface area contributed by atoms with Gasteiger partial charge in [-0.2, -0.15) is 0 Å². The van der Waals surface area contributed by atoms with Gasteiger partial charge in [-0.1, -0.05) is 12.1 Å². The molecule has 172 valence electrons. The standard InChI is InChI=1S/C21H21F3N2O5S/c1-4-10-32(29)14-8-9-18(17(24)11-14)25(12-30-2)21(28)26(13-31-3)20(27)19-15(22)6-5-7-16(19)23/h4-9,11H,1,10,12-13H2,2-3H3. The summed E-state index contributed by atoms with van der Waals surface area (Å²) in [5.74, 6) is -4.50. The number of amides is 3. The minimum absolute atomic E-state index is 0.101. The van der Waals surface area contributed by atoms with Crippen LogP contribution in [0.4, 0.5) is 23.7 Å². The van der Waals surface area contributed by atoms with Crippen molar-refractivity contribution in [1.82, 2.24) is 4.90 Å². The predicted molar refractivity (Wildman–Crippen MR) is 112 cm³/mol. The van der Waals surface area contributed by atoms with Gasteiger partial charge < -0.3 is 9.47 Å². The molecule has 3 amide bonds. The zero-order chi connectivity index (χ0) is 23.8. The van der Waals surface area contributed by atoms with Crippen LogP contribution in [0.1, 0.15) is 10.4 Å². The number of urea groups is 1. The van der Waals surface area contributed by atoms with Crippen molar-refractivity contribution in [3.63, 3.8) is 0 Å². The summed E-state index contributed by atoms with van der Waals surface area (Å²) in [6, 6.07) is 5.13. The van der Waals surface area contributed by atoms with Gasteiger partial charge in [-0.05, 0) is 30.3 Å². The van der Waals surface area contributed by atoms with Gasteiger partial charge in [0.15, 0.2) is 0 Å². The van der Waals surface area contributed by atoms with Gasteiger partial charge in [-0.25, -0.2) is 22.9 Å². The van der Waals surface area contributed by atoms with Crippen LogP contribution in [0.5, 0.6) is 0 Å². The second kappa shape index (κ2) is 11.6. The molecule has 2 aromatic rings. The predicted octanol–water partition coefficient (Wildman–Crippen LogP) is 3.67. The molecule has 0 aliphatic carbocycles. The highest BCUT2D eigenvalue weighted by Crippen LogP contribution is 2.25. The van der Waals surface area contributed by atoms with Crippen LogP contribution in [0.15, 0.2) is 53.9 Å². The number of hydrogen-bond donors (Lipinski definition) is 0. The molecular weight excluding hydrogens is 449 g/mol. The maximum Gasteiger partial charge on any atom is 0.335 e. The monoisotopic (exact) mass is 470 g/mol. The number of benzene rings is 2. The Hall–Kier alpha value is -3.02. The average molecular weight is 470 g/mol. The van der Waals surface area contributed by atoms with Gasteiger partial charge in [0, 0.05) is 24.9 Å². The number of carbonyl (C=O) groups excluding carboxylic acids is 2. The molecule has 0 bridgehead atoms. The van der Waals surface area contributed by atoms with E-state index in [4.69, 9.17) is 9.47 Å². The quantitative estimate of drug-likeness (QED) is 0.413. The van der Waals surface area contributed by atoms with Crippen molar-refractivity contribution in [2.24, 2.45) is 0 Å². The fourth-order valence-corrected chi connectivity index (χ4v) is 3.58. The molecule has 2 rings (SSSR count). The number of imide groups is 1. The molecule has 0 spiro atoms. The molecule has 0 saturated heterocycles. The van der Waals surface area contributed by atoms with E-state index >= 15 is 0 Å². The first kappa shape index (κ1) is 25.2. The lowest BCUT2D eigenvalue weighted by molar-refractivity contribution is 0.0525. The van der Waals surface area contributed by atoms with E-state index in [-0.39, 0.29) is 16.3 Å². The highest BCUT2D eigenvalue weighted by molar-refractivity contribution is 7.85. The third-order valence-electron chi connectivity index (χ3n) is 4.14. The van der Waals surface area contributed by atoms with Crippen LogP contribution in [-0.4, -0.2) is 54.5 Å². The summed E-state index contributed by atoms with van der Waals surface area (Å²) in [5.41, 5.74) is -1.27. The highest BCUT2D eigenvalue weighted by atomic mass is 32.2. The van der Waals surface area contributed by atoms with Crippen LogP contribution < -0.4 is 4.90 Å². The van der Waals surface area contributed by atoms with Gasteiger partial charge in [0.2, 0.25) is 0 Å². The van der Waals surface area contributed by atoms with E-state index in [1.54, 1.807) is 0 Å². The van der Waals surface area contributed by atoms with Crippen LogP contribution in [0.25, 0.3) is 0 Å². The van der Waals surface area contributed by atoms with Gasteiger partial charge in [0.25, 0.3) is 5.91 Å². The fourth-order valence-electron chi connectivity index (χ4n) is 2.72. The first-order valence-corrected chi connectivity index (χ1v) is 10.4. The van der Waals surface area contributed by atoms with Crippen molar-refractivity contribution >= 4 is 28.4 Å². The molecule has 1 unspecified atom stereocenters. The van der Waals surface area contributed by atoms with Gasteiger partial charge in [0.1, 0.15) is 36.5 Å². The minimum Gasteiger partial charge on any atom is -0.364 e. The Balaban J connectivity index is 2.46. The molecule has 0 aliphatic rings. The van der Waals surface area contributed by atoms with E-state index < -0.39 is 59.2 Å². The molecule has 0 aromatic heterocycles. The largest absolute Gasteiger partial charge is 0.364 e. The van der Waals surface area contributed by atoms with Crippen LogP contribution in [0, 0.1) is 17.5 Å². The van der Waals surface area contributed by atoms with E-state index in [2.05, 4.69) is 6.58 Å². The number of anilines is 1. The van der Waals surface area contributed by atoms with Crippen molar-refractivity contribution in [2.75, 3.05) is 38.3 Å². The molecule has 0 heterocycles. The Morgan fingerprint density at radius 2 is 1.66 bits per heavy atom. The molecule has 2 aromatic carbocycles. The molecule has 11 heteroatoms. The Kier molecular flexibility index (Phi) is 9.12. The number of ether oxygens (including phenoxy) is 2. The van der Waals surface area contributed by atoms with Gasteiger partial charge in [0.05, 0.1) is 16.5 Å². The number of halogens is 3. The molecule has 0 aliphatic heterocycles. The van der Waals surface area contributed by atoms with Crippen molar-refractivity contribution < 1.29 is 36.4 Å². The van der Waals surface area contributed by atoms with Gasteiger partial charge in [-0.3, -0.25) is 13.9 Å². The average Bonchev–Trinajstić information content (AvgIpc) is 2.75. The Bertz CT molecular complexity index is 1010. The summed E-state index contributed by atoms with van der Waals surface area (Å²) in [6.07, 6.45) is 1.42. The molecule has 32 heavy (non-hydrogen) atoms. The number of hydrogen-bond acceptors (Lipinski definition) is 5. The summed E-state index contributed by atoms with van der Waals surface area (Å²) in [7, 11) is 0.850. The van der Waals surface area contributed by atoms with Crippen molar-refractivity contribution in [3.05, 3.63) is 72.1 Å². The Morgan fingerprint density at radius 3 is 2.19 bits per heavy atom. The molecular formula is C21H21F3N2O5S. The number of methoxy groups -OCH3 is 2. The normalized spacial score (nSPS) is 11.7. The lowest BCUT2D eigenvalue weighted by Crippen LogP contribution is -2.48. The van der Waals surface area contributed by atoms with Gasteiger partial charge in [-0.15, -0.1) is 6.58 Å². The lowest BCUT2D eigenvalue weighted by atomic mass is 10.1. The summed E-state index contributed by atoms with van der Waals surface area (Å²) >= 11 is 0. The summed E-state index contributed by atoms with van der Waals surface area (Å²) in [5, 5.41) is 0. The van der Waals surface area contributed by atoms with Crippen molar-refractivity contribution in [3.8, 4) is 0 Å². The molecule has 1 atom stereocenters. The van der Waals surface area contributed by atoms with E-state index in [0.717, 1.165) is 36.3 Å². The maximum atomic E-state index is 14.8. The summed E-state index contributed by atoms with van der Waals surface area (Å²) in [4.78, 5) is 27.2. The van der Waals surface area contributed by atoms with Crippen LogP contribution >= 0.6 is 0 Å². The van der Waals surface area contributed by atoms with E-state index in [0.29, 0.717) is 4.90 Å². The second-order valence-corrected chi connectivity index (χ2v) is 7.79. The molecule has 0 fully saturated rings. The van der Waals surface area contributed by atoms with E-state index in [9.17, 15) is 27.0 Å². The summed E-state index contributed by atoms with van der Waals surface area (Å²) in [6.45, 7) is 2.30. The minimum atomic E-state index is -1.54. The van der Waals surface area contributed by atoms with E-state index in [1.807, 2.05) is 0 Å². The van der Waals surface area contributed by atoms with Crippen LogP contribution in [-0.2, 0) is 20.3 Å². The number of nitrogens with zero attached hydrogens (tertiary/aromatic N) is 2. The lowest BCUT2D eigenvalue weighted by Gasteiger charge is -2.29. The third kappa shape index (κ3) is 5.61. The van der Waals surface area contributed by atoms with Crippen molar-refractivity contribution in [1.29, 1.82) is 0 Å². The number of carbonyl (C=O) groups is 2. The van der Waals surface area contributed by atoms with Crippen molar-refractivity contribution in [2.45, 2.75) is 4.90 Å². The molecule has 7 nitrogen and oxygen atoms in total. The summed E-state index contributed by atoms with van der Waals surface area (Å²) < 4.78 is 64.9. The first-order valence-electron chi connectivity index (χ1n) is 9.10. The zero-order valence-corrected chi connectivity index (χ0v) is 18.2. The Morgan fingerprint density at radius 1 is 1.03 bits per heavy atom. The number of rotatable bonds is 9. The maximum absolute atomic E-state index is 14.8.